The molecule has 0 radical (unpaired) electrons. The fourth-order valence-electron chi connectivity index (χ4n) is 9.49. The molecule has 0 aliphatic heterocycles. The molecule has 0 unspecified atom stereocenters. The van der Waals surface area contributed by atoms with E-state index in [2.05, 4.69) is 128 Å². The Kier molecular flexibility index (Phi) is 8.78. The molecule has 0 N–H and O–H groups in total. The van der Waals surface area contributed by atoms with Gasteiger partial charge in [0.1, 0.15) is 0 Å². The molecule has 0 amide bonds. The van der Waals surface area contributed by atoms with Gasteiger partial charge in [0.05, 0.1) is 50.6 Å². The van der Waals surface area contributed by atoms with Crippen LogP contribution < -0.4 is 0 Å². The fourth-order valence-corrected chi connectivity index (χ4v) is 9.49. The third-order valence-electron chi connectivity index (χ3n) is 12.1. The van der Waals surface area contributed by atoms with Crippen LogP contribution in [0.15, 0.2) is 152 Å². The molecule has 8 aromatic carbocycles. The largest absolute Gasteiger partial charge is 0.416 e. The molecule has 10 rings (SSSR count). The minimum Gasteiger partial charge on any atom is -0.308 e. The summed E-state index contributed by atoms with van der Waals surface area (Å²) < 4.78 is 48.8. The third kappa shape index (κ3) is 6.28. The van der Waals surface area contributed by atoms with E-state index in [9.17, 15) is 18.4 Å². The first kappa shape index (κ1) is 37.9. The van der Waals surface area contributed by atoms with Crippen LogP contribution in [0.25, 0.3) is 88.4 Å². The summed E-state index contributed by atoms with van der Waals surface area (Å²) in [5, 5.41) is 14.8. The van der Waals surface area contributed by atoms with Crippen LogP contribution in [0.4, 0.5) is 13.2 Å². The number of nitrogens with zero attached hydrogens (tertiary/aromatic N) is 3. The number of halogens is 3. The fraction of sp³-hybridized carbons (Fsp3) is 0.109. The van der Waals surface area contributed by atoms with Gasteiger partial charge in [0, 0.05) is 27.1 Å². The first-order valence-corrected chi connectivity index (χ1v) is 20.4. The number of benzene rings is 8. The van der Waals surface area contributed by atoms with Crippen molar-refractivity contribution in [3.8, 4) is 50.8 Å². The minimum absolute atomic E-state index is 0.380. The summed E-state index contributed by atoms with van der Waals surface area (Å²) in [4.78, 5) is 0. The second-order valence-corrected chi connectivity index (χ2v) is 16.4. The maximum absolute atomic E-state index is 14.8. The van der Waals surface area contributed by atoms with Crippen LogP contribution in [-0.2, 0) is 6.18 Å². The number of aryl methyl sites for hydroxylation is 5. The van der Waals surface area contributed by atoms with Crippen LogP contribution in [0, 0.1) is 45.9 Å². The number of hydrogen-bond acceptors (Lipinski definition) is 1. The van der Waals surface area contributed by atoms with Gasteiger partial charge in [0.2, 0.25) is 0 Å². The van der Waals surface area contributed by atoms with Crippen molar-refractivity contribution < 1.29 is 13.2 Å². The predicted molar refractivity (Wildman–Crippen MR) is 245 cm³/mol. The molecule has 0 saturated carbocycles. The van der Waals surface area contributed by atoms with Crippen molar-refractivity contribution in [2.75, 3.05) is 0 Å². The zero-order valence-corrected chi connectivity index (χ0v) is 34.4. The van der Waals surface area contributed by atoms with Crippen LogP contribution >= 0.6 is 0 Å². The normalized spacial score (nSPS) is 11.9. The minimum atomic E-state index is -4.59. The smallest absolute Gasteiger partial charge is 0.308 e. The van der Waals surface area contributed by atoms with Crippen molar-refractivity contribution in [2.24, 2.45) is 0 Å². The summed E-state index contributed by atoms with van der Waals surface area (Å²) in [5.74, 6) is 0. The van der Waals surface area contributed by atoms with Gasteiger partial charge < -0.3 is 9.13 Å². The molecule has 2 aromatic heterocycles. The molecule has 10 aromatic rings. The average molecular weight is 800 g/mol. The van der Waals surface area contributed by atoms with Gasteiger partial charge in [-0.15, -0.1) is 0 Å². The highest BCUT2D eigenvalue weighted by Gasteiger charge is 2.32. The molecule has 0 spiro atoms. The zero-order valence-electron chi connectivity index (χ0n) is 34.4. The molecule has 3 nitrogen and oxygen atoms in total. The van der Waals surface area contributed by atoms with Crippen LogP contribution in [0.1, 0.15) is 38.9 Å². The Labute approximate surface area is 352 Å². The van der Waals surface area contributed by atoms with Gasteiger partial charge in [-0.3, -0.25) is 0 Å². The molecule has 6 heteroatoms. The highest BCUT2D eigenvalue weighted by molar-refractivity contribution is 6.13. The summed E-state index contributed by atoms with van der Waals surface area (Å²) in [6.07, 6.45) is -4.59. The van der Waals surface area contributed by atoms with E-state index >= 15 is 0 Å². The van der Waals surface area contributed by atoms with E-state index in [1.54, 1.807) is 6.92 Å². The topological polar surface area (TPSA) is 33.6 Å². The van der Waals surface area contributed by atoms with Gasteiger partial charge in [0.15, 0.2) is 0 Å². The lowest BCUT2D eigenvalue weighted by Gasteiger charge is -2.22. The van der Waals surface area contributed by atoms with Crippen LogP contribution in [0.2, 0.25) is 0 Å². The lowest BCUT2D eigenvalue weighted by atomic mass is 9.94. The lowest BCUT2D eigenvalue weighted by Crippen LogP contribution is -2.08. The van der Waals surface area contributed by atoms with Crippen molar-refractivity contribution in [1.29, 1.82) is 5.26 Å². The van der Waals surface area contributed by atoms with E-state index in [1.165, 1.54) is 23.3 Å². The predicted octanol–water partition coefficient (Wildman–Crippen LogP) is 15.3. The van der Waals surface area contributed by atoms with Crippen molar-refractivity contribution in [3.05, 3.63) is 191 Å². The van der Waals surface area contributed by atoms with Crippen LogP contribution in [0.3, 0.4) is 0 Å². The second kappa shape index (κ2) is 14.1. The quantitative estimate of drug-likeness (QED) is 0.171. The Balaban J connectivity index is 1.38. The average Bonchev–Trinajstić information content (AvgIpc) is 3.74. The Hall–Kier alpha value is -7.36. The van der Waals surface area contributed by atoms with Crippen molar-refractivity contribution in [2.45, 2.75) is 40.8 Å². The highest BCUT2D eigenvalue weighted by Crippen LogP contribution is 2.45. The van der Waals surface area contributed by atoms with Gasteiger partial charge in [-0.2, -0.15) is 18.4 Å². The number of para-hydroxylation sites is 2. The summed E-state index contributed by atoms with van der Waals surface area (Å²) in [5.41, 5.74) is 14.7. The lowest BCUT2D eigenvalue weighted by molar-refractivity contribution is -0.137. The van der Waals surface area contributed by atoms with Gasteiger partial charge in [-0.05, 0) is 128 Å². The molecule has 61 heavy (non-hydrogen) atoms. The number of aromatic nitrogens is 2. The Morgan fingerprint density at radius 2 is 0.918 bits per heavy atom. The number of hydrogen-bond donors (Lipinski definition) is 0. The van der Waals surface area contributed by atoms with Crippen molar-refractivity contribution >= 4 is 43.6 Å². The second-order valence-electron chi connectivity index (χ2n) is 16.4. The van der Waals surface area contributed by atoms with Gasteiger partial charge in [0.25, 0.3) is 0 Å². The van der Waals surface area contributed by atoms with E-state index in [-0.39, 0.29) is 0 Å². The first-order valence-electron chi connectivity index (χ1n) is 20.4. The van der Waals surface area contributed by atoms with E-state index in [4.69, 9.17) is 0 Å². The summed E-state index contributed by atoms with van der Waals surface area (Å²) >= 11 is 0. The van der Waals surface area contributed by atoms with E-state index in [0.29, 0.717) is 33.6 Å². The number of alkyl halides is 3. The third-order valence-corrected chi connectivity index (χ3v) is 12.1. The van der Waals surface area contributed by atoms with E-state index in [0.717, 1.165) is 77.0 Å². The van der Waals surface area contributed by atoms with E-state index < -0.39 is 11.7 Å². The molecule has 0 saturated heterocycles. The maximum Gasteiger partial charge on any atom is 0.416 e. The molecule has 0 atom stereocenters. The Bertz CT molecular complexity index is 3290. The van der Waals surface area contributed by atoms with Crippen LogP contribution in [-0.4, -0.2) is 9.13 Å². The van der Waals surface area contributed by atoms with Crippen LogP contribution in [0.5, 0.6) is 0 Å². The van der Waals surface area contributed by atoms with Crippen molar-refractivity contribution in [1.82, 2.24) is 9.13 Å². The Morgan fingerprint density at radius 1 is 0.443 bits per heavy atom. The molecule has 2 heterocycles. The molecule has 0 aliphatic carbocycles. The van der Waals surface area contributed by atoms with Gasteiger partial charge in [-0.1, -0.05) is 114 Å². The molecular weight excluding hydrogens is 760 g/mol. The highest BCUT2D eigenvalue weighted by atomic mass is 19.4. The summed E-state index contributed by atoms with van der Waals surface area (Å²) in [6, 6.07) is 52.3. The first-order chi connectivity index (χ1) is 29.4. The monoisotopic (exact) mass is 799 g/mol. The molecule has 0 bridgehead atoms. The van der Waals surface area contributed by atoms with E-state index in [1.807, 2.05) is 54.6 Å². The number of fused-ring (bicyclic) bond motifs is 6. The molecule has 0 aliphatic rings. The number of nitriles is 1. The summed E-state index contributed by atoms with van der Waals surface area (Å²) in [6.45, 7) is 10.1. The standard InChI is InChI=1S/C55H40F3N3/c1-32-14-18-42(35(4)22-32)38-16-20-46-44-10-6-8-12-48(44)60(50(46)29-38)52-26-37(31-59)27-53(54(52)40-24-34(3)25-41(28-40)55(56,57)58)61-49-13-9-7-11-45(49)47-21-17-39(30-51(47)61)43-19-15-33(2)23-36(43)5/h6-30H,1-5H3. The molecule has 296 valence electrons. The van der Waals surface area contributed by atoms with Crippen molar-refractivity contribution in [3.63, 3.8) is 0 Å². The summed E-state index contributed by atoms with van der Waals surface area (Å²) in [7, 11) is 0. The zero-order chi connectivity index (χ0) is 42.3. The molecular formula is C55H40F3N3. The number of rotatable bonds is 5. The SMILES string of the molecule is Cc1cc(-c2c(-n3c4ccccc4c4ccc(-c5ccc(C)cc5C)cc43)cc(C#N)cc2-n2c3ccccc3c3ccc(-c4ccc(C)cc4C)cc32)cc(C(F)(F)F)c1. The van der Waals surface area contributed by atoms with Gasteiger partial charge >= 0.3 is 6.18 Å². The Morgan fingerprint density at radius 3 is 1.38 bits per heavy atom. The molecule has 0 fully saturated rings. The van der Waals surface area contributed by atoms with Gasteiger partial charge in [-0.25, -0.2) is 0 Å². The maximum atomic E-state index is 14.8.